The van der Waals surface area contributed by atoms with Gasteiger partial charge in [-0.15, -0.1) is 0 Å². The lowest BCUT2D eigenvalue weighted by atomic mass is 9.68. The maximum atomic E-state index is 12.0. The second kappa shape index (κ2) is 7.29. The van der Waals surface area contributed by atoms with Crippen molar-refractivity contribution in [1.29, 1.82) is 0 Å². The minimum Gasteiger partial charge on any atom is -0.481 e. The van der Waals surface area contributed by atoms with Crippen LogP contribution in [0.3, 0.4) is 0 Å². The highest BCUT2D eigenvalue weighted by atomic mass is 16.5. The Kier molecular flexibility index (Phi) is 5.41. The molecule has 1 aliphatic carbocycles. The molecule has 0 spiro atoms. The molecule has 0 aliphatic heterocycles. The summed E-state index contributed by atoms with van der Waals surface area (Å²) in [6.45, 7) is 2.05. The van der Waals surface area contributed by atoms with Gasteiger partial charge in [0.2, 0.25) is 0 Å². The number of hydrogen-bond donors (Lipinski definition) is 2. The van der Waals surface area contributed by atoms with Crippen LogP contribution in [-0.4, -0.2) is 23.2 Å². The molecular formula is C17H23NO4. The van der Waals surface area contributed by atoms with Crippen LogP contribution >= 0.6 is 0 Å². The van der Waals surface area contributed by atoms with Crippen LogP contribution in [-0.2, 0) is 16.1 Å². The molecule has 0 unspecified atom stereocenters. The van der Waals surface area contributed by atoms with Gasteiger partial charge < -0.3 is 15.2 Å². The van der Waals surface area contributed by atoms with Crippen molar-refractivity contribution in [3.63, 3.8) is 0 Å². The summed E-state index contributed by atoms with van der Waals surface area (Å²) in [5.41, 5.74) is 0.0330. The molecule has 120 valence electrons. The summed E-state index contributed by atoms with van der Waals surface area (Å²) in [6.07, 6.45) is 3.06. The third-order valence-electron chi connectivity index (χ3n) is 4.59. The van der Waals surface area contributed by atoms with Crippen molar-refractivity contribution in [2.24, 2.45) is 5.41 Å². The molecule has 1 saturated carbocycles. The van der Waals surface area contributed by atoms with Crippen LogP contribution in [0.25, 0.3) is 0 Å². The molecule has 2 rings (SSSR count). The first kappa shape index (κ1) is 16.3. The number of alkyl carbamates (subject to hydrolysis) is 1. The highest BCUT2D eigenvalue weighted by Gasteiger charge is 2.46. The lowest BCUT2D eigenvalue weighted by Gasteiger charge is -2.40. The summed E-state index contributed by atoms with van der Waals surface area (Å²) < 4.78 is 5.21. The van der Waals surface area contributed by atoms with Crippen LogP contribution in [0.4, 0.5) is 4.79 Å². The van der Waals surface area contributed by atoms with E-state index in [0.29, 0.717) is 19.3 Å². The van der Waals surface area contributed by atoms with E-state index in [4.69, 9.17) is 4.74 Å². The number of nitrogens with one attached hydrogen (secondary N) is 1. The first-order valence-electron chi connectivity index (χ1n) is 7.79. The van der Waals surface area contributed by atoms with Gasteiger partial charge in [-0.05, 0) is 24.8 Å². The minimum atomic E-state index is -0.871. The summed E-state index contributed by atoms with van der Waals surface area (Å²) >= 11 is 0. The number of hydrogen-bond acceptors (Lipinski definition) is 3. The Hall–Kier alpha value is -2.04. The van der Waals surface area contributed by atoms with E-state index in [1.807, 2.05) is 37.3 Å². The molecule has 1 amide bonds. The number of ether oxygens (including phenoxy) is 1. The third-order valence-corrected chi connectivity index (χ3v) is 4.59. The Morgan fingerprint density at radius 2 is 2.05 bits per heavy atom. The SMILES string of the molecule is CC[C@@]1(C(=O)O)CCCC[C@@H]1NC(=O)OCc1ccccc1. The van der Waals surface area contributed by atoms with Crippen LogP contribution in [0.15, 0.2) is 30.3 Å². The fourth-order valence-corrected chi connectivity index (χ4v) is 3.19. The summed E-state index contributed by atoms with van der Waals surface area (Å²) in [7, 11) is 0. The van der Waals surface area contributed by atoms with Crippen molar-refractivity contribution in [2.45, 2.75) is 51.7 Å². The smallest absolute Gasteiger partial charge is 0.407 e. The van der Waals surface area contributed by atoms with Crippen molar-refractivity contribution in [3.8, 4) is 0 Å². The van der Waals surface area contributed by atoms with Crippen molar-refractivity contribution in [3.05, 3.63) is 35.9 Å². The fourth-order valence-electron chi connectivity index (χ4n) is 3.19. The number of rotatable bonds is 5. The molecule has 1 aromatic rings. The van der Waals surface area contributed by atoms with E-state index in [9.17, 15) is 14.7 Å². The minimum absolute atomic E-state index is 0.186. The van der Waals surface area contributed by atoms with E-state index in [-0.39, 0.29) is 12.6 Å². The Bertz CT molecular complexity index is 517. The van der Waals surface area contributed by atoms with Crippen LogP contribution in [0, 0.1) is 5.41 Å². The largest absolute Gasteiger partial charge is 0.481 e. The van der Waals surface area contributed by atoms with E-state index in [0.717, 1.165) is 18.4 Å². The molecule has 1 aliphatic rings. The predicted molar refractivity (Wildman–Crippen MR) is 82.4 cm³/mol. The average Bonchev–Trinajstić information content (AvgIpc) is 2.54. The summed E-state index contributed by atoms with van der Waals surface area (Å²) in [6, 6.07) is 9.04. The second-order valence-corrected chi connectivity index (χ2v) is 5.82. The molecule has 5 nitrogen and oxygen atoms in total. The number of carboxylic acid groups (broad SMARTS) is 1. The van der Waals surface area contributed by atoms with Crippen molar-refractivity contribution >= 4 is 12.1 Å². The number of carboxylic acids is 1. The number of benzene rings is 1. The van der Waals surface area contributed by atoms with E-state index < -0.39 is 17.5 Å². The van der Waals surface area contributed by atoms with Gasteiger partial charge in [0, 0.05) is 6.04 Å². The van der Waals surface area contributed by atoms with Gasteiger partial charge in [0.1, 0.15) is 6.61 Å². The van der Waals surface area contributed by atoms with E-state index >= 15 is 0 Å². The number of carbonyl (C=O) groups is 2. The standard InChI is InChI=1S/C17H23NO4/c1-2-17(15(19)20)11-7-6-10-14(17)18-16(21)22-12-13-8-4-3-5-9-13/h3-5,8-9,14H,2,6-7,10-12H2,1H3,(H,18,21)(H,19,20)/t14-,17+/m0/s1. The van der Waals surface area contributed by atoms with E-state index in [1.54, 1.807) is 0 Å². The van der Waals surface area contributed by atoms with E-state index in [2.05, 4.69) is 5.32 Å². The third kappa shape index (κ3) is 3.59. The van der Waals surface area contributed by atoms with Gasteiger partial charge >= 0.3 is 12.1 Å². The van der Waals surface area contributed by atoms with Gasteiger partial charge in [-0.3, -0.25) is 4.79 Å². The highest BCUT2D eigenvalue weighted by Crippen LogP contribution is 2.39. The lowest BCUT2D eigenvalue weighted by Crippen LogP contribution is -2.53. The van der Waals surface area contributed by atoms with Crippen molar-refractivity contribution < 1.29 is 19.4 Å². The molecular weight excluding hydrogens is 282 g/mol. The van der Waals surface area contributed by atoms with Gasteiger partial charge in [-0.2, -0.15) is 0 Å². The monoisotopic (exact) mass is 305 g/mol. The normalized spacial score (nSPS) is 24.5. The Morgan fingerprint density at radius 1 is 1.32 bits per heavy atom. The van der Waals surface area contributed by atoms with Crippen LogP contribution < -0.4 is 5.32 Å². The topological polar surface area (TPSA) is 75.6 Å². The van der Waals surface area contributed by atoms with Crippen molar-refractivity contribution in [2.75, 3.05) is 0 Å². The van der Waals surface area contributed by atoms with Crippen LogP contribution in [0.5, 0.6) is 0 Å². The van der Waals surface area contributed by atoms with Crippen LogP contribution in [0.1, 0.15) is 44.6 Å². The summed E-state index contributed by atoms with van der Waals surface area (Å²) in [4.78, 5) is 23.7. The predicted octanol–water partition coefficient (Wildman–Crippen LogP) is 3.34. The van der Waals surface area contributed by atoms with Gasteiger partial charge in [0.05, 0.1) is 5.41 Å². The molecule has 0 aromatic heterocycles. The Labute approximate surface area is 130 Å². The molecule has 5 heteroatoms. The van der Waals surface area contributed by atoms with Gasteiger partial charge in [-0.25, -0.2) is 4.79 Å². The maximum absolute atomic E-state index is 12.0. The summed E-state index contributed by atoms with van der Waals surface area (Å²) in [5.74, 6) is -0.831. The maximum Gasteiger partial charge on any atom is 0.407 e. The Balaban J connectivity index is 1.95. The Morgan fingerprint density at radius 3 is 2.68 bits per heavy atom. The molecule has 1 aromatic carbocycles. The molecule has 2 atom stereocenters. The zero-order valence-corrected chi connectivity index (χ0v) is 12.9. The quantitative estimate of drug-likeness (QED) is 0.875. The van der Waals surface area contributed by atoms with Crippen LogP contribution in [0.2, 0.25) is 0 Å². The summed E-state index contributed by atoms with van der Waals surface area (Å²) in [5, 5.41) is 12.4. The van der Waals surface area contributed by atoms with Gasteiger partial charge in [0.25, 0.3) is 0 Å². The molecule has 0 bridgehead atoms. The zero-order valence-electron chi connectivity index (χ0n) is 12.9. The fraction of sp³-hybridized carbons (Fsp3) is 0.529. The number of amides is 1. The number of carbonyl (C=O) groups excluding carboxylic acids is 1. The molecule has 2 N–H and O–H groups in total. The van der Waals surface area contributed by atoms with Gasteiger partial charge in [-0.1, -0.05) is 50.1 Å². The zero-order chi connectivity index (χ0) is 16.0. The highest BCUT2D eigenvalue weighted by molar-refractivity contribution is 5.77. The molecule has 0 radical (unpaired) electrons. The lowest BCUT2D eigenvalue weighted by molar-refractivity contribution is -0.153. The van der Waals surface area contributed by atoms with Crippen molar-refractivity contribution in [1.82, 2.24) is 5.32 Å². The second-order valence-electron chi connectivity index (χ2n) is 5.82. The first-order valence-corrected chi connectivity index (χ1v) is 7.79. The first-order chi connectivity index (χ1) is 10.6. The molecule has 22 heavy (non-hydrogen) atoms. The average molecular weight is 305 g/mol. The molecule has 0 saturated heterocycles. The molecule has 0 heterocycles. The van der Waals surface area contributed by atoms with Gasteiger partial charge in [0.15, 0.2) is 0 Å². The van der Waals surface area contributed by atoms with E-state index in [1.165, 1.54) is 0 Å². The number of aliphatic carboxylic acids is 1. The molecule has 1 fully saturated rings.